The minimum absolute atomic E-state index is 0.565. The van der Waals surface area contributed by atoms with Crippen LogP contribution >= 0.6 is 22.9 Å². The summed E-state index contributed by atoms with van der Waals surface area (Å²) in [5, 5.41) is 7.59. The topological polar surface area (TPSA) is 57.7 Å². The summed E-state index contributed by atoms with van der Waals surface area (Å²) in [5.41, 5.74) is 2.13. The van der Waals surface area contributed by atoms with Crippen molar-refractivity contribution in [3.8, 4) is 11.3 Å². The molecule has 3 aromatic heterocycles. The molecule has 7 heteroatoms. The zero-order valence-electron chi connectivity index (χ0n) is 12.4. The van der Waals surface area contributed by atoms with Gasteiger partial charge < -0.3 is 4.90 Å². The molecule has 3 aromatic rings. The highest BCUT2D eigenvalue weighted by Crippen LogP contribution is 2.34. The lowest BCUT2D eigenvalue weighted by Crippen LogP contribution is -2.32. The number of nitrogens with zero attached hydrogens (tertiary/aromatic N) is 4. The average molecular weight is 346 g/mol. The predicted octanol–water partition coefficient (Wildman–Crippen LogP) is 3.97. The van der Waals surface area contributed by atoms with E-state index in [0.29, 0.717) is 10.4 Å². The van der Waals surface area contributed by atoms with Crippen LogP contribution in [-0.2, 0) is 0 Å². The lowest BCUT2D eigenvalue weighted by Gasteiger charge is -2.31. The van der Waals surface area contributed by atoms with E-state index in [1.807, 2.05) is 18.3 Å². The van der Waals surface area contributed by atoms with Crippen LogP contribution < -0.4 is 4.90 Å². The zero-order valence-corrected chi connectivity index (χ0v) is 14.0. The number of halogens is 1. The van der Waals surface area contributed by atoms with E-state index in [1.165, 1.54) is 4.88 Å². The quantitative estimate of drug-likeness (QED) is 0.780. The highest BCUT2D eigenvalue weighted by molar-refractivity contribution is 7.15. The van der Waals surface area contributed by atoms with Crippen molar-refractivity contribution in [3.63, 3.8) is 0 Å². The summed E-state index contributed by atoms with van der Waals surface area (Å²) < 4.78 is 0.636. The Hall–Kier alpha value is -1.92. The molecule has 5 nitrogen and oxygen atoms in total. The number of pyridine rings is 1. The van der Waals surface area contributed by atoms with Crippen molar-refractivity contribution >= 4 is 28.8 Å². The SMILES string of the molecule is Clc1ncc(C2CCN(c3cc(-c4ccncc4)[nH]n3)CC2)s1. The number of rotatable bonds is 3. The van der Waals surface area contributed by atoms with Crippen molar-refractivity contribution in [2.45, 2.75) is 18.8 Å². The highest BCUT2D eigenvalue weighted by Gasteiger charge is 2.23. The van der Waals surface area contributed by atoms with Crippen molar-refractivity contribution < 1.29 is 0 Å². The standard InChI is InChI=1S/C16H16ClN5S/c17-16-19-10-14(23-16)12-3-7-22(8-4-12)15-9-13(20-21-15)11-1-5-18-6-2-11/h1-2,5-6,9-10,12H,3-4,7-8H2,(H,20,21). The number of thiazole rings is 1. The Morgan fingerprint density at radius 1 is 1.22 bits per heavy atom. The molecule has 1 aliphatic rings. The molecule has 1 N–H and O–H groups in total. The lowest BCUT2D eigenvalue weighted by molar-refractivity contribution is 0.507. The van der Waals surface area contributed by atoms with Crippen LogP contribution in [0.2, 0.25) is 4.47 Å². The first kappa shape index (κ1) is 14.7. The van der Waals surface area contributed by atoms with Gasteiger partial charge in [-0.1, -0.05) is 11.6 Å². The minimum Gasteiger partial charge on any atom is -0.355 e. The molecule has 0 aliphatic carbocycles. The Labute approximate surface area is 143 Å². The monoisotopic (exact) mass is 345 g/mol. The summed E-state index contributed by atoms with van der Waals surface area (Å²) in [6.45, 7) is 2.00. The maximum absolute atomic E-state index is 5.94. The van der Waals surface area contributed by atoms with Crippen LogP contribution in [0.5, 0.6) is 0 Å². The van der Waals surface area contributed by atoms with Gasteiger partial charge in [-0.3, -0.25) is 10.1 Å². The third-order valence-electron chi connectivity index (χ3n) is 4.27. The van der Waals surface area contributed by atoms with Crippen molar-refractivity contribution in [1.82, 2.24) is 20.2 Å². The largest absolute Gasteiger partial charge is 0.355 e. The number of hydrogen-bond donors (Lipinski definition) is 1. The smallest absolute Gasteiger partial charge is 0.183 e. The maximum Gasteiger partial charge on any atom is 0.183 e. The van der Waals surface area contributed by atoms with E-state index in [-0.39, 0.29) is 0 Å². The fourth-order valence-corrected chi connectivity index (χ4v) is 4.12. The first-order valence-electron chi connectivity index (χ1n) is 7.61. The Bertz CT molecular complexity index is 777. The van der Waals surface area contributed by atoms with Gasteiger partial charge in [0.1, 0.15) is 0 Å². The second kappa shape index (κ2) is 6.29. The van der Waals surface area contributed by atoms with E-state index < -0.39 is 0 Å². The van der Waals surface area contributed by atoms with Crippen LogP contribution in [0.3, 0.4) is 0 Å². The first-order valence-corrected chi connectivity index (χ1v) is 8.81. The lowest BCUT2D eigenvalue weighted by atomic mass is 9.96. The first-order chi connectivity index (χ1) is 11.3. The van der Waals surface area contributed by atoms with Gasteiger partial charge in [-0.05, 0) is 30.9 Å². The van der Waals surface area contributed by atoms with Crippen LogP contribution in [0.15, 0.2) is 36.8 Å². The Kier molecular flexibility index (Phi) is 4.01. The number of aromatic amines is 1. The van der Waals surface area contributed by atoms with Crippen LogP contribution in [0.25, 0.3) is 11.3 Å². The Morgan fingerprint density at radius 3 is 2.70 bits per heavy atom. The van der Waals surface area contributed by atoms with Crippen LogP contribution in [0.1, 0.15) is 23.6 Å². The molecule has 0 unspecified atom stereocenters. The second-order valence-corrected chi connectivity index (χ2v) is 7.30. The molecule has 1 saturated heterocycles. The van der Waals surface area contributed by atoms with Crippen molar-refractivity contribution in [2.75, 3.05) is 18.0 Å². The number of H-pyrrole nitrogens is 1. The number of piperidine rings is 1. The molecule has 1 aliphatic heterocycles. The third-order valence-corrected chi connectivity index (χ3v) is 5.55. The van der Waals surface area contributed by atoms with Gasteiger partial charge in [-0.2, -0.15) is 5.10 Å². The molecular weight excluding hydrogens is 330 g/mol. The molecule has 4 rings (SSSR count). The van der Waals surface area contributed by atoms with Crippen LogP contribution in [-0.4, -0.2) is 33.3 Å². The van der Waals surface area contributed by atoms with Crippen LogP contribution in [0.4, 0.5) is 5.82 Å². The molecule has 0 amide bonds. The molecule has 0 bridgehead atoms. The molecule has 4 heterocycles. The second-order valence-electron chi connectivity index (χ2n) is 5.65. The van der Waals surface area contributed by atoms with E-state index in [1.54, 1.807) is 23.7 Å². The van der Waals surface area contributed by atoms with Gasteiger partial charge in [0, 0.05) is 48.2 Å². The summed E-state index contributed by atoms with van der Waals surface area (Å²) in [6.07, 6.45) is 7.72. The van der Waals surface area contributed by atoms with E-state index in [4.69, 9.17) is 11.6 Å². The molecule has 23 heavy (non-hydrogen) atoms. The summed E-state index contributed by atoms with van der Waals surface area (Å²) >= 11 is 7.54. The fourth-order valence-electron chi connectivity index (χ4n) is 3.00. The van der Waals surface area contributed by atoms with Crippen molar-refractivity contribution in [2.24, 2.45) is 0 Å². The average Bonchev–Trinajstić information content (AvgIpc) is 3.25. The normalized spacial score (nSPS) is 16.0. The minimum atomic E-state index is 0.565. The zero-order chi connectivity index (χ0) is 15.6. The van der Waals surface area contributed by atoms with E-state index in [2.05, 4.69) is 31.1 Å². The number of anilines is 1. The van der Waals surface area contributed by atoms with Gasteiger partial charge in [0.25, 0.3) is 0 Å². The summed E-state index contributed by atoms with van der Waals surface area (Å²) in [6, 6.07) is 6.08. The van der Waals surface area contributed by atoms with Gasteiger partial charge >= 0.3 is 0 Å². The molecule has 118 valence electrons. The predicted molar refractivity (Wildman–Crippen MR) is 93.1 cm³/mol. The molecule has 0 atom stereocenters. The molecule has 0 aromatic carbocycles. The highest BCUT2D eigenvalue weighted by atomic mass is 35.5. The summed E-state index contributed by atoms with van der Waals surface area (Å²) in [5.74, 6) is 1.58. The van der Waals surface area contributed by atoms with E-state index in [9.17, 15) is 0 Å². The van der Waals surface area contributed by atoms with E-state index >= 15 is 0 Å². The fraction of sp³-hybridized carbons (Fsp3) is 0.312. The summed E-state index contributed by atoms with van der Waals surface area (Å²) in [7, 11) is 0. The number of hydrogen-bond acceptors (Lipinski definition) is 5. The van der Waals surface area contributed by atoms with Gasteiger partial charge in [0.2, 0.25) is 0 Å². The Morgan fingerprint density at radius 2 is 2.00 bits per heavy atom. The summed E-state index contributed by atoms with van der Waals surface area (Å²) in [4.78, 5) is 11.8. The van der Waals surface area contributed by atoms with E-state index in [0.717, 1.165) is 43.0 Å². The Balaban J connectivity index is 1.44. The molecule has 0 spiro atoms. The molecule has 0 radical (unpaired) electrons. The van der Waals surface area contributed by atoms with Gasteiger partial charge in [-0.15, -0.1) is 11.3 Å². The number of aromatic nitrogens is 4. The molecule has 0 saturated carbocycles. The van der Waals surface area contributed by atoms with Gasteiger partial charge in [0.05, 0.1) is 5.69 Å². The maximum atomic E-state index is 5.94. The third kappa shape index (κ3) is 3.09. The van der Waals surface area contributed by atoms with Crippen molar-refractivity contribution in [3.05, 3.63) is 46.1 Å². The number of nitrogens with one attached hydrogen (secondary N) is 1. The molecule has 1 fully saturated rings. The van der Waals surface area contributed by atoms with Gasteiger partial charge in [-0.25, -0.2) is 4.98 Å². The van der Waals surface area contributed by atoms with Gasteiger partial charge in [0.15, 0.2) is 10.3 Å². The van der Waals surface area contributed by atoms with Crippen LogP contribution in [0, 0.1) is 0 Å². The molecular formula is C16H16ClN5S. The van der Waals surface area contributed by atoms with Crippen molar-refractivity contribution in [1.29, 1.82) is 0 Å².